The van der Waals surface area contributed by atoms with E-state index in [1.165, 1.54) is 0 Å². The lowest BCUT2D eigenvalue weighted by atomic mass is 10.0. The summed E-state index contributed by atoms with van der Waals surface area (Å²) in [7, 11) is 0. The molecule has 1 aliphatic heterocycles. The quantitative estimate of drug-likeness (QED) is 0.330. The van der Waals surface area contributed by atoms with Crippen LogP contribution >= 0.6 is 12.2 Å². The summed E-state index contributed by atoms with van der Waals surface area (Å²) in [5, 5.41) is 16.0. The van der Waals surface area contributed by atoms with Crippen molar-refractivity contribution in [2.45, 2.75) is 12.1 Å². The highest BCUT2D eigenvalue weighted by molar-refractivity contribution is 7.80. The zero-order valence-electron chi connectivity index (χ0n) is 19.1. The van der Waals surface area contributed by atoms with Crippen LogP contribution in [-0.4, -0.2) is 43.1 Å². The number of rotatable bonds is 7. The van der Waals surface area contributed by atoms with E-state index >= 15 is 0 Å². The second-order valence-electron chi connectivity index (χ2n) is 8.32. The summed E-state index contributed by atoms with van der Waals surface area (Å²) in [6, 6.07) is 24.9. The Kier molecular flexibility index (Phi) is 6.46. The average molecular weight is 498 g/mol. The van der Waals surface area contributed by atoms with Crippen LogP contribution in [0.2, 0.25) is 0 Å². The van der Waals surface area contributed by atoms with Gasteiger partial charge in [0.05, 0.1) is 23.3 Å². The van der Waals surface area contributed by atoms with Gasteiger partial charge in [-0.2, -0.15) is 0 Å². The van der Waals surface area contributed by atoms with E-state index < -0.39 is 5.97 Å². The fraction of sp³-hybridized carbons (Fsp3) is 0.111. The van der Waals surface area contributed by atoms with Crippen molar-refractivity contribution in [1.29, 1.82) is 0 Å². The number of anilines is 1. The Morgan fingerprint density at radius 1 is 0.972 bits per heavy atom. The van der Waals surface area contributed by atoms with Crippen LogP contribution in [0.3, 0.4) is 0 Å². The summed E-state index contributed by atoms with van der Waals surface area (Å²) >= 11 is 5.69. The lowest BCUT2D eigenvalue weighted by Gasteiger charge is -2.28. The van der Waals surface area contributed by atoms with Crippen molar-refractivity contribution in [2.75, 3.05) is 11.9 Å². The SMILES string of the molecule is O=C(CN1C(=S)N[C@H](c2ccccn2)[C@H]1c1cccn1-c1ccc(C(=O)O)cc1)Nc1ccccc1. The number of carboxylic acid groups (broad SMARTS) is 1. The zero-order valence-corrected chi connectivity index (χ0v) is 19.9. The number of carbonyl (C=O) groups excluding carboxylic acids is 1. The molecule has 2 aromatic carbocycles. The van der Waals surface area contributed by atoms with Gasteiger partial charge in [0.2, 0.25) is 5.91 Å². The van der Waals surface area contributed by atoms with E-state index in [2.05, 4.69) is 15.6 Å². The molecular weight excluding hydrogens is 474 g/mol. The van der Waals surface area contributed by atoms with E-state index in [1.807, 2.05) is 76.3 Å². The number of pyridine rings is 1. The van der Waals surface area contributed by atoms with Gasteiger partial charge in [-0.05, 0) is 72.9 Å². The molecule has 0 radical (unpaired) electrons. The number of nitrogens with zero attached hydrogens (tertiary/aromatic N) is 3. The molecule has 5 rings (SSSR count). The number of carbonyl (C=O) groups is 2. The van der Waals surface area contributed by atoms with Crippen LogP contribution in [0.25, 0.3) is 5.69 Å². The Labute approximate surface area is 213 Å². The fourth-order valence-electron chi connectivity index (χ4n) is 4.41. The average Bonchev–Trinajstić information content (AvgIpc) is 3.50. The summed E-state index contributed by atoms with van der Waals surface area (Å²) in [6.07, 6.45) is 3.63. The molecule has 1 fully saturated rings. The predicted octanol–water partition coefficient (Wildman–Crippen LogP) is 4.18. The van der Waals surface area contributed by atoms with Crippen LogP contribution in [-0.2, 0) is 4.79 Å². The van der Waals surface area contributed by atoms with Gasteiger partial charge in [0.1, 0.15) is 6.54 Å². The largest absolute Gasteiger partial charge is 0.478 e. The number of carboxylic acids is 1. The summed E-state index contributed by atoms with van der Waals surface area (Å²) in [4.78, 5) is 30.7. The van der Waals surface area contributed by atoms with E-state index in [0.29, 0.717) is 10.8 Å². The van der Waals surface area contributed by atoms with Crippen LogP contribution in [0, 0.1) is 0 Å². The minimum atomic E-state index is -0.981. The number of amides is 1. The molecule has 3 N–H and O–H groups in total. The third kappa shape index (κ3) is 4.69. The molecule has 4 aromatic rings. The molecule has 36 heavy (non-hydrogen) atoms. The van der Waals surface area contributed by atoms with E-state index in [1.54, 1.807) is 30.5 Å². The Morgan fingerprint density at radius 2 is 1.72 bits per heavy atom. The smallest absolute Gasteiger partial charge is 0.335 e. The van der Waals surface area contributed by atoms with Gasteiger partial charge >= 0.3 is 5.97 Å². The number of benzene rings is 2. The summed E-state index contributed by atoms with van der Waals surface area (Å²) < 4.78 is 1.98. The van der Waals surface area contributed by atoms with Crippen LogP contribution in [0.1, 0.15) is 33.8 Å². The molecule has 3 heterocycles. The molecule has 0 aliphatic carbocycles. The maximum absolute atomic E-state index is 13.0. The van der Waals surface area contributed by atoms with Crippen molar-refractivity contribution in [3.05, 3.63) is 114 Å². The molecule has 1 saturated heterocycles. The highest BCUT2D eigenvalue weighted by Crippen LogP contribution is 2.39. The Balaban J connectivity index is 1.51. The monoisotopic (exact) mass is 497 g/mol. The maximum atomic E-state index is 13.0. The molecule has 8 nitrogen and oxygen atoms in total. The fourth-order valence-corrected chi connectivity index (χ4v) is 4.71. The molecule has 0 unspecified atom stereocenters. The summed E-state index contributed by atoms with van der Waals surface area (Å²) in [5.41, 5.74) is 3.40. The summed E-state index contributed by atoms with van der Waals surface area (Å²) in [6.45, 7) is 0.0395. The van der Waals surface area contributed by atoms with E-state index in [0.717, 1.165) is 17.1 Å². The lowest BCUT2D eigenvalue weighted by Crippen LogP contribution is -2.37. The standard InChI is InChI=1S/C27H23N5O3S/c33-23(29-19-7-2-1-3-8-19)17-32-25(24(30-27(32)36)21-9-4-5-15-28-21)22-10-6-16-31(22)20-13-11-18(12-14-20)26(34)35/h1-16,24-25H,17H2,(H,29,33)(H,30,36)(H,34,35)/t24-,25-/m1/s1. The maximum Gasteiger partial charge on any atom is 0.335 e. The number of aromatic nitrogens is 2. The normalized spacial score (nSPS) is 17.0. The molecule has 2 atom stereocenters. The van der Waals surface area contributed by atoms with Crippen LogP contribution in [0.4, 0.5) is 5.69 Å². The van der Waals surface area contributed by atoms with Gasteiger partial charge in [-0.25, -0.2) is 4.79 Å². The van der Waals surface area contributed by atoms with Crippen molar-refractivity contribution in [2.24, 2.45) is 0 Å². The van der Waals surface area contributed by atoms with Gasteiger partial charge in [-0.1, -0.05) is 24.3 Å². The molecule has 1 aliphatic rings. The number of para-hydroxylation sites is 1. The highest BCUT2D eigenvalue weighted by atomic mass is 32.1. The first-order valence-corrected chi connectivity index (χ1v) is 11.8. The molecule has 2 aromatic heterocycles. The Hall–Kier alpha value is -4.50. The second kappa shape index (κ2) is 10.0. The minimum Gasteiger partial charge on any atom is -0.478 e. The predicted molar refractivity (Wildman–Crippen MR) is 140 cm³/mol. The number of aromatic carboxylic acids is 1. The van der Waals surface area contributed by atoms with Crippen molar-refractivity contribution >= 4 is 34.9 Å². The lowest BCUT2D eigenvalue weighted by molar-refractivity contribution is -0.116. The molecule has 0 spiro atoms. The third-order valence-corrected chi connectivity index (χ3v) is 6.40. The topological polar surface area (TPSA) is 99.5 Å². The first-order valence-electron chi connectivity index (χ1n) is 11.4. The van der Waals surface area contributed by atoms with Crippen LogP contribution in [0.5, 0.6) is 0 Å². The number of thiocarbonyl (C=S) groups is 1. The van der Waals surface area contributed by atoms with Crippen LogP contribution in [0.15, 0.2) is 97.3 Å². The van der Waals surface area contributed by atoms with Crippen molar-refractivity contribution in [1.82, 2.24) is 19.8 Å². The Bertz CT molecular complexity index is 1390. The van der Waals surface area contributed by atoms with E-state index in [4.69, 9.17) is 12.2 Å². The van der Waals surface area contributed by atoms with Crippen LogP contribution < -0.4 is 10.6 Å². The van der Waals surface area contributed by atoms with Gasteiger partial charge in [-0.3, -0.25) is 9.78 Å². The second-order valence-corrected chi connectivity index (χ2v) is 8.71. The molecular formula is C27H23N5O3S. The number of hydrogen-bond donors (Lipinski definition) is 3. The molecule has 9 heteroatoms. The van der Waals surface area contributed by atoms with Crippen molar-refractivity contribution < 1.29 is 14.7 Å². The van der Waals surface area contributed by atoms with E-state index in [9.17, 15) is 14.7 Å². The molecule has 0 saturated carbocycles. The van der Waals surface area contributed by atoms with Gasteiger partial charge in [0.25, 0.3) is 0 Å². The highest BCUT2D eigenvalue weighted by Gasteiger charge is 2.42. The number of nitrogens with one attached hydrogen (secondary N) is 2. The van der Waals surface area contributed by atoms with Crippen molar-refractivity contribution in [3.8, 4) is 5.69 Å². The van der Waals surface area contributed by atoms with Gasteiger partial charge in [0, 0.05) is 29.5 Å². The third-order valence-electron chi connectivity index (χ3n) is 6.05. The van der Waals surface area contributed by atoms with Gasteiger partial charge < -0.3 is 25.2 Å². The zero-order chi connectivity index (χ0) is 25.1. The van der Waals surface area contributed by atoms with Gasteiger partial charge in [-0.15, -0.1) is 0 Å². The van der Waals surface area contributed by atoms with Crippen molar-refractivity contribution in [3.63, 3.8) is 0 Å². The minimum absolute atomic E-state index is 0.0395. The first kappa shape index (κ1) is 23.3. The van der Waals surface area contributed by atoms with E-state index in [-0.39, 0.29) is 30.1 Å². The Morgan fingerprint density at radius 3 is 2.42 bits per heavy atom. The summed E-state index contributed by atoms with van der Waals surface area (Å²) in [5.74, 6) is -1.17. The number of hydrogen-bond acceptors (Lipinski definition) is 4. The first-order chi connectivity index (χ1) is 17.5. The molecule has 0 bridgehead atoms. The molecule has 1 amide bonds. The molecule has 180 valence electrons. The van der Waals surface area contributed by atoms with Gasteiger partial charge in [0.15, 0.2) is 5.11 Å².